The van der Waals surface area contributed by atoms with Gasteiger partial charge in [-0.1, -0.05) is 28.9 Å². The first kappa shape index (κ1) is 20.3. The number of aromatic nitrogens is 4. The van der Waals surface area contributed by atoms with Crippen LogP contribution in [0.5, 0.6) is 5.75 Å². The van der Waals surface area contributed by atoms with Crippen molar-refractivity contribution >= 4 is 18.1 Å². The van der Waals surface area contributed by atoms with E-state index in [9.17, 15) is 4.79 Å². The highest BCUT2D eigenvalue weighted by molar-refractivity contribution is 5.87. The third-order valence-corrected chi connectivity index (χ3v) is 5.47. The number of hydrogen-bond donors (Lipinski definition) is 1. The van der Waals surface area contributed by atoms with Crippen LogP contribution in [0.4, 0.5) is 10.7 Å². The van der Waals surface area contributed by atoms with Gasteiger partial charge in [-0.2, -0.15) is 0 Å². The summed E-state index contributed by atoms with van der Waals surface area (Å²) >= 11 is 0. The van der Waals surface area contributed by atoms with Crippen LogP contribution >= 0.6 is 0 Å². The maximum Gasteiger partial charge on any atom is 0.324 e. The van der Waals surface area contributed by atoms with Gasteiger partial charge in [-0.3, -0.25) is 5.32 Å². The number of urea groups is 1. The fraction of sp³-hybridized carbons (Fsp3) is 0.524. The lowest BCUT2D eigenvalue weighted by Gasteiger charge is -2.28. The quantitative estimate of drug-likeness (QED) is 0.812. The van der Waals surface area contributed by atoms with E-state index in [0.29, 0.717) is 25.6 Å². The Hall–Kier alpha value is -2.94. The number of tetrazole rings is 1. The molecule has 1 N–H and O–H groups in total. The van der Waals surface area contributed by atoms with Crippen LogP contribution < -0.4 is 10.1 Å². The number of piperidine rings is 1. The van der Waals surface area contributed by atoms with Crippen LogP contribution in [-0.4, -0.2) is 63.5 Å². The molecule has 0 radical (unpaired) electrons. The maximum atomic E-state index is 12.4. The number of hydrogen-bond acceptors (Lipinski definition) is 6. The van der Waals surface area contributed by atoms with E-state index in [1.165, 1.54) is 16.7 Å². The minimum absolute atomic E-state index is 0.174. The number of likely N-dealkylation sites (tertiary alicyclic amines) is 1. The molecule has 2 aliphatic rings. The van der Waals surface area contributed by atoms with Crippen LogP contribution in [0.15, 0.2) is 29.8 Å². The van der Waals surface area contributed by atoms with Gasteiger partial charge in [0.25, 0.3) is 5.95 Å². The maximum absolute atomic E-state index is 12.4. The lowest BCUT2D eigenvalue weighted by molar-refractivity contribution is -0.0110. The van der Waals surface area contributed by atoms with Crippen molar-refractivity contribution in [3.05, 3.63) is 35.4 Å². The number of benzene rings is 1. The van der Waals surface area contributed by atoms with E-state index in [-0.39, 0.29) is 12.1 Å². The molecule has 2 amide bonds. The Balaban J connectivity index is 1.28. The molecule has 30 heavy (non-hydrogen) atoms. The van der Waals surface area contributed by atoms with Crippen molar-refractivity contribution in [3.8, 4) is 5.75 Å². The molecule has 9 nitrogen and oxygen atoms in total. The molecule has 0 bridgehead atoms. The van der Waals surface area contributed by atoms with E-state index in [2.05, 4.69) is 39.1 Å². The molecule has 2 fully saturated rings. The van der Waals surface area contributed by atoms with Gasteiger partial charge in [0, 0.05) is 26.7 Å². The molecule has 160 valence electrons. The van der Waals surface area contributed by atoms with Crippen molar-refractivity contribution in [1.82, 2.24) is 25.1 Å². The van der Waals surface area contributed by atoms with Crippen molar-refractivity contribution in [3.63, 3.8) is 0 Å². The van der Waals surface area contributed by atoms with Crippen LogP contribution in [0.25, 0.3) is 6.08 Å². The summed E-state index contributed by atoms with van der Waals surface area (Å²) in [5.41, 5.74) is 2.45. The summed E-state index contributed by atoms with van der Waals surface area (Å²) in [4.78, 5) is 14.2. The highest BCUT2D eigenvalue weighted by Gasteiger charge is 2.20. The molecule has 4 rings (SSSR count). The summed E-state index contributed by atoms with van der Waals surface area (Å²) < 4.78 is 13.1. The predicted octanol–water partition coefficient (Wildman–Crippen LogP) is 2.87. The first-order valence-electron chi connectivity index (χ1n) is 10.5. The van der Waals surface area contributed by atoms with Crippen LogP contribution in [0.1, 0.15) is 37.7 Å². The van der Waals surface area contributed by atoms with Gasteiger partial charge >= 0.3 is 6.03 Å². The third-order valence-electron chi connectivity index (χ3n) is 5.47. The van der Waals surface area contributed by atoms with E-state index < -0.39 is 0 Å². The minimum Gasteiger partial charge on any atom is -0.491 e. The summed E-state index contributed by atoms with van der Waals surface area (Å²) in [6, 6.07) is 7.97. The van der Waals surface area contributed by atoms with Crippen LogP contribution in [0.2, 0.25) is 0 Å². The van der Waals surface area contributed by atoms with Crippen molar-refractivity contribution < 1.29 is 14.3 Å². The Morgan fingerprint density at radius 1 is 1.33 bits per heavy atom. The van der Waals surface area contributed by atoms with Crippen LogP contribution in [-0.2, 0) is 11.8 Å². The highest BCUT2D eigenvalue weighted by Crippen LogP contribution is 2.23. The molecule has 2 aliphatic heterocycles. The van der Waals surface area contributed by atoms with Gasteiger partial charge in [0.1, 0.15) is 12.4 Å². The molecule has 2 saturated heterocycles. The average Bonchev–Trinajstić information content (AvgIpc) is 3.18. The van der Waals surface area contributed by atoms with Crippen LogP contribution in [0.3, 0.4) is 0 Å². The number of aryl methyl sites for hydroxylation is 1. The van der Waals surface area contributed by atoms with Gasteiger partial charge in [-0.05, 0) is 60.2 Å². The number of anilines is 1. The predicted molar refractivity (Wildman–Crippen MR) is 112 cm³/mol. The Bertz CT molecular complexity index is 880. The number of carbonyl (C=O) groups excluding carboxylic acids is 1. The summed E-state index contributed by atoms with van der Waals surface area (Å²) in [6.07, 6.45) is 7.51. The smallest absolute Gasteiger partial charge is 0.324 e. The first-order valence-corrected chi connectivity index (χ1v) is 10.5. The Kier molecular flexibility index (Phi) is 6.58. The molecule has 2 aromatic rings. The monoisotopic (exact) mass is 412 g/mol. The van der Waals surface area contributed by atoms with E-state index >= 15 is 0 Å². The Labute approximate surface area is 176 Å². The molecule has 1 aromatic heterocycles. The molecule has 0 spiro atoms. The standard InChI is InChI=1S/C21H28N6O3/c1-26-20(23-24-25-26)22-21(28)27-10-8-16(9-11-27)13-17-5-4-7-18(14-17)30-15-19-6-2-3-12-29-19/h4-5,7,13-14,19H,2-3,6,8-12,15H2,1H3,(H,22,23,25,28). The fourth-order valence-electron chi connectivity index (χ4n) is 3.71. The van der Waals surface area contributed by atoms with Gasteiger partial charge in [-0.15, -0.1) is 0 Å². The van der Waals surface area contributed by atoms with E-state index in [1.54, 1.807) is 11.9 Å². The van der Waals surface area contributed by atoms with E-state index in [0.717, 1.165) is 43.6 Å². The second-order valence-corrected chi connectivity index (χ2v) is 7.72. The van der Waals surface area contributed by atoms with Gasteiger partial charge in [0.2, 0.25) is 0 Å². The molecule has 9 heteroatoms. The van der Waals surface area contributed by atoms with Crippen molar-refractivity contribution in [2.75, 3.05) is 31.6 Å². The lowest BCUT2D eigenvalue weighted by atomic mass is 10.0. The summed E-state index contributed by atoms with van der Waals surface area (Å²) in [5, 5.41) is 13.8. The number of rotatable bonds is 5. The average molecular weight is 412 g/mol. The zero-order valence-corrected chi connectivity index (χ0v) is 17.3. The third kappa shape index (κ3) is 5.35. The Morgan fingerprint density at radius 2 is 2.20 bits per heavy atom. The van der Waals surface area contributed by atoms with Crippen molar-refractivity contribution in [2.45, 2.75) is 38.2 Å². The number of carbonyl (C=O) groups is 1. The second kappa shape index (κ2) is 9.71. The topological polar surface area (TPSA) is 94.4 Å². The van der Waals surface area contributed by atoms with E-state index in [4.69, 9.17) is 9.47 Å². The van der Waals surface area contributed by atoms with Gasteiger partial charge in [0.15, 0.2) is 0 Å². The first-order chi connectivity index (χ1) is 14.7. The molecule has 3 heterocycles. The molecule has 0 saturated carbocycles. The summed E-state index contributed by atoms with van der Waals surface area (Å²) in [5.74, 6) is 1.21. The molecule has 1 unspecified atom stereocenters. The van der Waals surface area contributed by atoms with Crippen molar-refractivity contribution in [1.29, 1.82) is 0 Å². The molecule has 0 aliphatic carbocycles. The lowest BCUT2D eigenvalue weighted by Crippen LogP contribution is -2.39. The van der Waals surface area contributed by atoms with Crippen molar-refractivity contribution in [2.24, 2.45) is 7.05 Å². The second-order valence-electron chi connectivity index (χ2n) is 7.72. The fourth-order valence-corrected chi connectivity index (χ4v) is 3.71. The normalized spacial score (nSPS) is 19.4. The summed E-state index contributed by atoms with van der Waals surface area (Å²) in [6.45, 7) is 2.77. The molecular formula is C21H28N6O3. The van der Waals surface area contributed by atoms with Gasteiger partial charge < -0.3 is 14.4 Å². The van der Waals surface area contributed by atoms with Gasteiger partial charge in [-0.25, -0.2) is 9.48 Å². The Morgan fingerprint density at radius 3 is 2.93 bits per heavy atom. The highest BCUT2D eigenvalue weighted by atomic mass is 16.5. The number of nitrogens with one attached hydrogen (secondary N) is 1. The van der Waals surface area contributed by atoms with E-state index in [1.807, 2.05) is 12.1 Å². The SMILES string of the molecule is Cn1nnnc1NC(=O)N1CCC(=Cc2cccc(OCC3CCCCO3)c2)CC1. The van der Waals surface area contributed by atoms with Gasteiger partial charge in [0.05, 0.1) is 6.10 Å². The van der Waals surface area contributed by atoms with Crippen LogP contribution in [0, 0.1) is 0 Å². The summed E-state index contributed by atoms with van der Waals surface area (Å²) in [7, 11) is 1.69. The minimum atomic E-state index is -0.174. The zero-order valence-electron chi connectivity index (χ0n) is 17.3. The number of amides is 2. The number of ether oxygens (including phenoxy) is 2. The molecular weight excluding hydrogens is 384 g/mol. The number of nitrogens with zero attached hydrogens (tertiary/aromatic N) is 5. The molecule has 1 atom stereocenters. The largest absolute Gasteiger partial charge is 0.491 e. The molecule has 1 aromatic carbocycles. The zero-order chi connectivity index (χ0) is 20.8.